The Hall–Kier alpha value is -1.10. The molecule has 0 aliphatic heterocycles. The number of carboxylic acid groups (broad SMARTS) is 1. The largest absolute Gasteiger partial charge is 0.481 e. The predicted octanol–water partition coefficient (Wildman–Crippen LogP) is 0.574. The molecule has 0 aliphatic carbocycles. The minimum absolute atomic E-state index is 0.0344. The highest BCUT2D eigenvalue weighted by atomic mass is 16.4. The number of hydrogen-bond acceptors (Lipinski definition) is 3. The van der Waals surface area contributed by atoms with Gasteiger partial charge in [-0.2, -0.15) is 0 Å². The summed E-state index contributed by atoms with van der Waals surface area (Å²) in [6.07, 6.45) is 0.522. The molecule has 94 valence electrons. The Kier molecular flexibility index (Phi) is 6.72. The van der Waals surface area contributed by atoms with Crippen LogP contribution in [0.5, 0.6) is 0 Å². The molecule has 5 nitrogen and oxygen atoms in total. The van der Waals surface area contributed by atoms with Gasteiger partial charge in [-0.05, 0) is 13.3 Å². The highest BCUT2D eigenvalue weighted by Crippen LogP contribution is 2.14. The van der Waals surface area contributed by atoms with E-state index in [2.05, 4.69) is 0 Å². The summed E-state index contributed by atoms with van der Waals surface area (Å²) in [6, 6.07) is 0. The molecule has 0 spiro atoms. The zero-order chi connectivity index (χ0) is 12.7. The number of nitrogens with zero attached hydrogens (tertiary/aromatic N) is 1. The molecule has 2 atom stereocenters. The average molecular weight is 231 g/mol. The third kappa shape index (κ3) is 4.18. The average Bonchev–Trinajstić information content (AvgIpc) is 2.27. The number of aliphatic hydroxyl groups excluding tert-OH is 1. The molecule has 2 N–H and O–H groups in total. The van der Waals surface area contributed by atoms with Gasteiger partial charge in [0, 0.05) is 25.6 Å². The van der Waals surface area contributed by atoms with Crippen molar-refractivity contribution in [3.8, 4) is 0 Å². The van der Waals surface area contributed by atoms with Crippen LogP contribution in [-0.2, 0) is 9.59 Å². The summed E-state index contributed by atoms with van der Waals surface area (Å²) >= 11 is 0. The van der Waals surface area contributed by atoms with E-state index in [1.807, 2.05) is 6.92 Å². The Balaban J connectivity index is 4.43. The van der Waals surface area contributed by atoms with Crippen LogP contribution < -0.4 is 0 Å². The molecule has 0 aromatic rings. The summed E-state index contributed by atoms with van der Waals surface area (Å²) in [7, 11) is 0. The van der Waals surface area contributed by atoms with Crippen molar-refractivity contribution in [3.63, 3.8) is 0 Å². The molecular weight excluding hydrogens is 210 g/mol. The lowest BCUT2D eigenvalue weighted by atomic mass is 9.94. The second kappa shape index (κ2) is 7.22. The van der Waals surface area contributed by atoms with Gasteiger partial charge in [-0.25, -0.2) is 0 Å². The molecule has 0 aliphatic rings. The molecule has 5 heteroatoms. The zero-order valence-electron chi connectivity index (χ0n) is 10.1. The quantitative estimate of drug-likeness (QED) is 0.671. The fourth-order valence-corrected chi connectivity index (χ4v) is 1.40. The number of rotatable bonds is 7. The Morgan fingerprint density at radius 1 is 1.25 bits per heavy atom. The highest BCUT2D eigenvalue weighted by Gasteiger charge is 2.28. The van der Waals surface area contributed by atoms with Crippen molar-refractivity contribution >= 4 is 11.9 Å². The van der Waals surface area contributed by atoms with E-state index in [9.17, 15) is 9.59 Å². The fraction of sp³-hybridized carbons (Fsp3) is 0.818. The van der Waals surface area contributed by atoms with Crippen LogP contribution in [0.4, 0.5) is 0 Å². The Bertz CT molecular complexity index is 242. The first kappa shape index (κ1) is 14.9. The van der Waals surface area contributed by atoms with Gasteiger partial charge in [-0.1, -0.05) is 13.8 Å². The van der Waals surface area contributed by atoms with E-state index in [0.717, 1.165) is 0 Å². The summed E-state index contributed by atoms with van der Waals surface area (Å²) in [5.74, 6) is -2.34. The van der Waals surface area contributed by atoms with E-state index in [1.165, 1.54) is 6.92 Å². The predicted molar refractivity (Wildman–Crippen MR) is 59.9 cm³/mol. The van der Waals surface area contributed by atoms with Crippen LogP contribution in [0.25, 0.3) is 0 Å². The Morgan fingerprint density at radius 2 is 1.81 bits per heavy atom. The van der Waals surface area contributed by atoms with Crippen molar-refractivity contribution in [1.29, 1.82) is 0 Å². The third-order valence-electron chi connectivity index (χ3n) is 2.81. The smallest absolute Gasteiger partial charge is 0.307 e. The molecule has 1 amide bonds. The summed E-state index contributed by atoms with van der Waals surface area (Å²) in [6.45, 7) is 6.05. The molecule has 0 bridgehead atoms. The number of amides is 1. The van der Waals surface area contributed by atoms with Gasteiger partial charge in [0.25, 0.3) is 0 Å². The third-order valence-corrected chi connectivity index (χ3v) is 2.81. The van der Waals surface area contributed by atoms with Crippen LogP contribution in [0.1, 0.15) is 27.2 Å². The second-order valence-electron chi connectivity index (χ2n) is 3.91. The Morgan fingerprint density at radius 3 is 2.19 bits per heavy atom. The molecular formula is C11H21NO4. The maximum Gasteiger partial charge on any atom is 0.307 e. The van der Waals surface area contributed by atoms with Crippen molar-refractivity contribution in [2.75, 3.05) is 19.7 Å². The van der Waals surface area contributed by atoms with Crippen molar-refractivity contribution in [2.45, 2.75) is 27.2 Å². The fourth-order valence-electron chi connectivity index (χ4n) is 1.40. The Labute approximate surface area is 96.1 Å². The maximum absolute atomic E-state index is 11.9. The number of hydrogen-bond donors (Lipinski definition) is 2. The molecule has 2 unspecified atom stereocenters. The molecule has 0 heterocycles. The van der Waals surface area contributed by atoms with Gasteiger partial charge in [-0.15, -0.1) is 0 Å². The first-order chi connectivity index (χ1) is 7.45. The van der Waals surface area contributed by atoms with Crippen LogP contribution in [0, 0.1) is 11.8 Å². The molecule has 0 radical (unpaired) electrons. The minimum Gasteiger partial charge on any atom is -0.481 e. The van der Waals surface area contributed by atoms with Gasteiger partial charge in [0.1, 0.15) is 0 Å². The number of aliphatic hydroxyl groups is 1. The minimum atomic E-state index is -0.959. The molecule has 0 saturated heterocycles. The van der Waals surface area contributed by atoms with Gasteiger partial charge in [0.2, 0.25) is 5.91 Å². The van der Waals surface area contributed by atoms with E-state index in [4.69, 9.17) is 10.2 Å². The standard InChI is InChI=1S/C11H21NO4/c1-4-12(6-5-7-13)10(14)8(2)9(3)11(15)16/h8-9,13H,4-7H2,1-3H3,(H,15,16). The number of carboxylic acids is 1. The summed E-state index contributed by atoms with van der Waals surface area (Å²) in [4.78, 5) is 24.3. The van der Waals surface area contributed by atoms with Gasteiger partial charge in [0.15, 0.2) is 0 Å². The van der Waals surface area contributed by atoms with Crippen LogP contribution in [-0.4, -0.2) is 46.7 Å². The monoisotopic (exact) mass is 231 g/mol. The van der Waals surface area contributed by atoms with E-state index in [0.29, 0.717) is 19.5 Å². The van der Waals surface area contributed by atoms with Crippen LogP contribution in [0.2, 0.25) is 0 Å². The van der Waals surface area contributed by atoms with Gasteiger partial charge < -0.3 is 15.1 Å². The number of carbonyl (C=O) groups is 2. The molecule has 0 fully saturated rings. The zero-order valence-corrected chi connectivity index (χ0v) is 10.1. The lowest BCUT2D eigenvalue weighted by molar-refractivity contribution is -0.149. The topological polar surface area (TPSA) is 77.8 Å². The summed E-state index contributed by atoms with van der Waals surface area (Å²) in [5.41, 5.74) is 0. The number of aliphatic carboxylic acids is 1. The van der Waals surface area contributed by atoms with Gasteiger partial charge >= 0.3 is 5.97 Å². The highest BCUT2D eigenvalue weighted by molar-refractivity contribution is 5.84. The van der Waals surface area contributed by atoms with E-state index >= 15 is 0 Å². The first-order valence-corrected chi connectivity index (χ1v) is 5.58. The summed E-state index contributed by atoms with van der Waals surface area (Å²) in [5, 5.41) is 17.5. The molecule has 0 aromatic heterocycles. The molecule has 0 aromatic carbocycles. The van der Waals surface area contributed by atoms with Crippen molar-refractivity contribution in [2.24, 2.45) is 11.8 Å². The first-order valence-electron chi connectivity index (χ1n) is 5.58. The number of carbonyl (C=O) groups excluding carboxylic acids is 1. The molecule has 0 saturated carbocycles. The van der Waals surface area contributed by atoms with E-state index in [-0.39, 0.29) is 12.5 Å². The van der Waals surface area contributed by atoms with Crippen molar-refractivity contribution in [1.82, 2.24) is 4.90 Å². The van der Waals surface area contributed by atoms with Crippen LogP contribution in [0.3, 0.4) is 0 Å². The normalized spacial score (nSPS) is 14.2. The maximum atomic E-state index is 11.9. The summed E-state index contributed by atoms with van der Waals surface area (Å²) < 4.78 is 0. The van der Waals surface area contributed by atoms with E-state index in [1.54, 1.807) is 11.8 Å². The lowest BCUT2D eigenvalue weighted by Crippen LogP contribution is -2.39. The van der Waals surface area contributed by atoms with Gasteiger partial charge in [-0.3, -0.25) is 9.59 Å². The van der Waals surface area contributed by atoms with Crippen LogP contribution >= 0.6 is 0 Å². The molecule has 16 heavy (non-hydrogen) atoms. The second-order valence-corrected chi connectivity index (χ2v) is 3.91. The lowest BCUT2D eigenvalue weighted by Gasteiger charge is -2.25. The van der Waals surface area contributed by atoms with Crippen molar-refractivity contribution in [3.05, 3.63) is 0 Å². The SMILES string of the molecule is CCN(CCCO)C(=O)C(C)C(C)C(=O)O. The van der Waals surface area contributed by atoms with Gasteiger partial charge in [0.05, 0.1) is 5.92 Å². The van der Waals surface area contributed by atoms with Crippen LogP contribution in [0.15, 0.2) is 0 Å². The molecule has 0 rings (SSSR count). The van der Waals surface area contributed by atoms with Crippen molar-refractivity contribution < 1.29 is 19.8 Å². The van der Waals surface area contributed by atoms with E-state index < -0.39 is 17.8 Å².